The van der Waals surface area contributed by atoms with Crippen molar-refractivity contribution in [2.24, 2.45) is 0 Å². The van der Waals surface area contributed by atoms with E-state index in [1.54, 1.807) is 28.8 Å². The molecule has 24 heavy (non-hydrogen) atoms. The quantitative estimate of drug-likeness (QED) is 0.652. The fourth-order valence-corrected chi connectivity index (χ4v) is 3.51. The van der Waals surface area contributed by atoms with Crippen molar-refractivity contribution in [3.63, 3.8) is 0 Å². The Morgan fingerprint density at radius 2 is 2.08 bits per heavy atom. The van der Waals surface area contributed by atoms with Gasteiger partial charge in [-0.25, -0.2) is 4.98 Å². The zero-order valence-electron chi connectivity index (χ0n) is 12.5. The summed E-state index contributed by atoms with van der Waals surface area (Å²) >= 11 is 9.31. The number of aromatic hydroxyl groups is 1. The average Bonchev–Trinajstić information content (AvgIpc) is 2.95. The lowest BCUT2D eigenvalue weighted by Crippen LogP contribution is -2.20. The highest BCUT2D eigenvalue weighted by molar-refractivity contribution is 9.10. The van der Waals surface area contributed by atoms with Crippen LogP contribution in [0.2, 0.25) is 5.02 Å². The third-order valence-electron chi connectivity index (χ3n) is 4.12. The lowest BCUT2D eigenvalue weighted by atomic mass is 10.1. The first-order valence-electron chi connectivity index (χ1n) is 7.42. The molecule has 0 amide bonds. The molecule has 4 rings (SSSR count). The van der Waals surface area contributed by atoms with E-state index in [2.05, 4.69) is 20.9 Å². The van der Waals surface area contributed by atoms with E-state index >= 15 is 0 Å². The second-order valence-electron chi connectivity index (χ2n) is 5.68. The average molecular weight is 404 g/mol. The molecule has 0 bridgehead atoms. The topological polar surface area (TPSA) is 55.1 Å². The van der Waals surface area contributed by atoms with Crippen LogP contribution >= 0.6 is 27.5 Å². The first kappa shape index (κ1) is 15.4. The van der Waals surface area contributed by atoms with E-state index in [9.17, 15) is 9.90 Å². The van der Waals surface area contributed by atoms with Crippen molar-refractivity contribution in [1.29, 1.82) is 0 Å². The number of phenolic OH excluding ortho intramolecular Hbond substituents is 1. The van der Waals surface area contributed by atoms with Crippen molar-refractivity contribution in [3.8, 4) is 5.75 Å². The monoisotopic (exact) mass is 402 g/mol. The summed E-state index contributed by atoms with van der Waals surface area (Å²) in [6.07, 6.45) is 2.74. The Labute approximate surface area is 151 Å². The number of fused-ring (bicyclic) bond motifs is 2. The highest BCUT2D eigenvalue weighted by Crippen LogP contribution is 2.30. The first-order valence-corrected chi connectivity index (χ1v) is 8.59. The molecule has 6 heteroatoms. The van der Waals surface area contributed by atoms with Crippen LogP contribution in [0.3, 0.4) is 0 Å². The highest BCUT2D eigenvalue weighted by atomic mass is 79.9. The van der Waals surface area contributed by atoms with E-state index in [1.165, 1.54) is 0 Å². The summed E-state index contributed by atoms with van der Waals surface area (Å²) in [6, 6.07) is 10.5. The highest BCUT2D eigenvalue weighted by Gasteiger charge is 2.21. The summed E-state index contributed by atoms with van der Waals surface area (Å²) in [4.78, 5) is 17.3. The molecule has 1 aliphatic rings. The van der Waals surface area contributed by atoms with Gasteiger partial charge in [0.05, 0.1) is 15.4 Å². The summed E-state index contributed by atoms with van der Waals surface area (Å²) in [5.41, 5.74) is 2.53. The number of aromatic nitrogens is 2. The largest absolute Gasteiger partial charge is 0.507 e. The van der Waals surface area contributed by atoms with Crippen LogP contribution < -0.4 is 5.56 Å². The molecular formula is C18H12BrClN2O2. The second-order valence-corrected chi connectivity index (χ2v) is 6.97. The third-order valence-corrected chi connectivity index (χ3v) is 4.99. The van der Waals surface area contributed by atoms with Crippen molar-refractivity contribution in [2.75, 3.05) is 0 Å². The number of benzene rings is 2. The minimum Gasteiger partial charge on any atom is -0.507 e. The molecule has 1 aromatic heterocycles. The number of nitrogens with zero attached hydrogens (tertiary/aromatic N) is 2. The van der Waals surface area contributed by atoms with Crippen molar-refractivity contribution in [2.45, 2.75) is 13.0 Å². The summed E-state index contributed by atoms with van der Waals surface area (Å²) in [5, 5.41) is 10.7. The van der Waals surface area contributed by atoms with Gasteiger partial charge in [0.25, 0.3) is 5.56 Å². The van der Waals surface area contributed by atoms with Gasteiger partial charge in [-0.2, -0.15) is 0 Å². The smallest absolute Gasteiger partial charge is 0.261 e. The summed E-state index contributed by atoms with van der Waals surface area (Å²) < 4.78 is 2.33. The van der Waals surface area contributed by atoms with Crippen LogP contribution in [0, 0.1) is 0 Å². The number of halogens is 2. The number of allylic oxidation sites excluding steroid dienone is 1. The van der Waals surface area contributed by atoms with E-state index in [0.717, 1.165) is 17.6 Å². The fourth-order valence-electron chi connectivity index (χ4n) is 2.94. The van der Waals surface area contributed by atoms with Gasteiger partial charge < -0.3 is 5.11 Å². The molecule has 0 unspecified atom stereocenters. The minimum atomic E-state index is -0.0622. The van der Waals surface area contributed by atoms with Crippen LogP contribution in [0.5, 0.6) is 5.75 Å². The van der Waals surface area contributed by atoms with E-state index in [-0.39, 0.29) is 11.3 Å². The Balaban J connectivity index is 1.88. The standard InChI is InChI=1S/C18H12BrClN2O2/c19-14-8-10(1-4-16(14)23)7-11-5-6-22-17(11)21-15-3-2-12(20)9-13(15)18(22)24/h1-4,7-9,23H,5-6H2/b11-7+. The molecule has 0 radical (unpaired) electrons. The molecule has 1 aliphatic heterocycles. The maximum Gasteiger partial charge on any atom is 0.261 e. The third kappa shape index (κ3) is 2.54. The van der Waals surface area contributed by atoms with Crippen LogP contribution in [0.4, 0.5) is 0 Å². The lowest BCUT2D eigenvalue weighted by molar-refractivity contribution is 0.472. The Bertz CT molecular complexity index is 1070. The SMILES string of the molecule is O=c1c2cc(Cl)ccc2nc2n1CC/C2=C\c1ccc(O)c(Br)c1. The Morgan fingerprint density at radius 3 is 2.88 bits per heavy atom. The zero-order chi connectivity index (χ0) is 16.8. The maximum atomic E-state index is 12.7. The van der Waals surface area contributed by atoms with Gasteiger partial charge >= 0.3 is 0 Å². The molecule has 2 aromatic carbocycles. The Kier molecular flexibility index (Phi) is 3.70. The van der Waals surface area contributed by atoms with Gasteiger partial charge in [-0.05, 0) is 69.9 Å². The summed E-state index contributed by atoms with van der Waals surface area (Å²) in [5.74, 6) is 0.889. The zero-order valence-corrected chi connectivity index (χ0v) is 14.8. The minimum absolute atomic E-state index is 0.0622. The predicted octanol–water partition coefficient (Wildman–Crippen LogP) is 4.46. The Hall–Kier alpha value is -2.11. The van der Waals surface area contributed by atoms with Crippen LogP contribution in [0.1, 0.15) is 17.8 Å². The van der Waals surface area contributed by atoms with Crippen molar-refractivity contribution < 1.29 is 5.11 Å². The molecular weight excluding hydrogens is 392 g/mol. The molecule has 1 N–H and O–H groups in total. The molecule has 0 aliphatic carbocycles. The van der Waals surface area contributed by atoms with E-state index in [0.29, 0.717) is 32.8 Å². The maximum absolute atomic E-state index is 12.7. The van der Waals surface area contributed by atoms with Gasteiger partial charge in [0, 0.05) is 11.6 Å². The van der Waals surface area contributed by atoms with Gasteiger partial charge in [-0.15, -0.1) is 0 Å². The van der Waals surface area contributed by atoms with Gasteiger partial charge in [0.2, 0.25) is 0 Å². The number of rotatable bonds is 1. The van der Waals surface area contributed by atoms with E-state index in [1.807, 2.05) is 18.2 Å². The Morgan fingerprint density at radius 1 is 1.25 bits per heavy atom. The summed E-state index contributed by atoms with van der Waals surface area (Å²) in [6.45, 7) is 0.606. The van der Waals surface area contributed by atoms with Crippen LogP contribution in [-0.4, -0.2) is 14.7 Å². The molecule has 120 valence electrons. The molecule has 0 saturated heterocycles. The fraction of sp³-hybridized carbons (Fsp3) is 0.111. The molecule has 4 nitrogen and oxygen atoms in total. The van der Waals surface area contributed by atoms with Gasteiger partial charge in [-0.1, -0.05) is 17.7 Å². The van der Waals surface area contributed by atoms with Crippen molar-refractivity contribution >= 4 is 50.1 Å². The van der Waals surface area contributed by atoms with Crippen molar-refractivity contribution in [1.82, 2.24) is 9.55 Å². The first-order chi connectivity index (χ1) is 11.5. The lowest BCUT2D eigenvalue weighted by Gasteiger charge is -2.06. The number of hydrogen-bond acceptors (Lipinski definition) is 3. The van der Waals surface area contributed by atoms with Crippen LogP contribution in [0.25, 0.3) is 22.6 Å². The molecule has 2 heterocycles. The summed E-state index contributed by atoms with van der Waals surface area (Å²) in [7, 11) is 0. The number of hydrogen-bond donors (Lipinski definition) is 1. The molecule has 0 spiro atoms. The van der Waals surface area contributed by atoms with Gasteiger partial charge in [0.15, 0.2) is 0 Å². The second kappa shape index (κ2) is 5.76. The van der Waals surface area contributed by atoms with E-state index < -0.39 is 0 Å². The normalized spacial score (nSPS) is 15.2. The van der Waals surface area contributed by atoms with Crippen molar-refractivity contribution in [3.05, 3.63) is 67.6 Å². The van der Waals surface area contributed by atoms with Crippen LogP contribution in [-0.2, 0) is 6.54 Å². The number of phenols is 1. The molecule has 0 fully saturated rings. The molecule has 0 atom stereocenters. The van der Waals surface area contributed by atoms with E-state index in [4.69, 9.17) is 11.6 Å². The van der Waals surface area contributed by atoms with Crippen LogP contribution in [0.15, 0.2) is 45.7 Å². The molecule has 3 aromatic rings. The molecule has 0 saturated carbocycles. The van der Waals surface area contributed by atoms with Gasteiger partial charge in [0.1, 0.15) is 11.6 Å². The van der Waals surface area contributed by atoms with Gasteiger partial charge in [-0.3, -0.25) is 9.36 Å². The predicted molar refractivity (Wildman–Crippen MR) is 99.3 cm³/mol.